The molecule has 9 heteroatoms. The highest BCUT2D eigenvalue weighted by molar-refractivity contribution is 5.92. The summed E-state index contributed by atoms with van der Waals surface area (Å²) in [5.74, 6) is 0.143. The van der Waals surface area contributed by atoms with Crippen LogP contribution in [0.4, 0.5) is 19.0 Å². The Balaban J connectivity index is 1.67. The predicted octanol–water partition coefficient (Wildman–Crippen LogP) is 1.80. The summed E-state index contributed by atoms with van der Waals surface area (Å²) in [6.07, 6.45) is -2.91. The van der Waals surface area contributed by atoms with Crippen LogP contribution in [0.15, 0.2) is 30.5 Å². The number of carbonyl (C=O) groups excluding carboxylic acids is 1. The molecule has 2 aromatic heterocycles. The van der Waals surface area contributed by atoms with Crippen LogP contribution < -0.4 is 4.90 Å². The van der Waals surface area contributed by atoms with Gasteiger partial charge < -0.3 is 9.80 Å². The number of aromatic nitrogens is 3. The van der Waals surface area contributed by atoms with Gasteiger partial charge in [-0.05, 0) is 18.2 Å². The molecule has 0 N–H and O–H groups in total. The lowest BCUT2D eigenvalue weighted by atomic mass is 10.2. The minimum absolute atomic E-state index is 0.133. The van der Waals surface area contributed by atoms with Gasteiger partial charge in [-0.15, -0.1) is 0 Å². The number of alkyl halides is 3. The zero-order valence-electron chi connectivity index (χ0n) is 13.0. The van der Waals surface area contributed by atoms with Gasteiger partial charge in [0.15, 0.2) is 0 Å². The number of carbonyl (C=O) groups is 1. The molecule has 2 aromatic rings. The third-order valence-electron chi connectivity index (χ3n) is 3.96. The van der Waals surface area contributed by atoms with E-state index in [1.807, 2.05) is 0 Å². The standard InChI is InChI=1S/C15H16F3N5O/c1-21-11(5-6-19-21)14(24)23-9-7-22(8-10-23)13-4-2-3-12(20-13)15(16,17)18/h2-6H,7-10H2,1H3. The summed E-state index contributed by atoms with van der Waals surface area (Å²) in [6, 6.07) is 5.49. The van der Waals surface area contributed by atoms with Crippen molar-refractivity contribution in [3.8, 4) is 0 Å². The molecule has 0 aliphatic carbocycles. The van der Waals surface area contributed by atoms with Crippen LogP contribution in [0.25, 0.3) is 0 Å². The van der Waals surface area contributed by atoms with Crippen molar-refractivity contribution in [2.45, 2.75) is 6.18 Å². The molecule has 128 valence electrons. The highest BCUT2D eigenvalue weighted by Crippen LogP contribution is 2.29. The van der Waals surface area contributed by atoms with Crippen LogP contribution >= 0.6 is 0 Å². The quantitative estimate of drug-likeness (QED) is 0.837. The molecule has 0 aromatic carbocycles. The SMILES string of the molecule is Cn1nccc1C(=O)N1CCN(c2cccc(C(F)(F)F)n2)CC1. The minimum Gasteiger partial charge on any atom is -0.353 e. The fourth-order valence-electron chi connectivity index (χ4n) is 2.64. The van der Waals surface area contributed by atoms with Gasteiger partial charge in [0.2, 0.25) is 0 Å². The Labute approximate surface area is 136 Å². The van der Waals surface area contributed by atoms with Crippen LogP contribution in [0.1, 0.15) is 16.2 Å². The lowest BCUT2D eigenvalue weighted by Gasteiger charge is -2.35. The van der Waals surface area contributed by atoms with Crippen LogP contribution in [0.3, 0.4) is 0 Å². The first kappa shape index (κ1) is 16.3. The smallest absolute Gasteiger partial charge is 0.353 e. The van der Waals surface area contributed by atoms with Crippen LogP contribution in [0.2, 0.25) is 0 Å². The third kappa shape index (κ3) is 3.19. The van der Waals surface area contributed by atoms with Gasteiger partial charge in [-0.3, -0.25) is 9.48 Å². The van der Waals surface area contributed by atoms with Crippen LogP contribution in [-0.2, 0) is 13.2 Å². The molecule has 24 heavy (non-hydrogen) atoms. The summed E-state index contributed by atoms with van der Waals surface area (Å²) in [6.45, 7) is 1.69. The normalized spacial score (nSPS) is 15.7. The molecule has 1 amide bonds. The number of nitrogens with zero attached hydrogens (tertiary/aromatic N) is 5. The fourth-order valence-corrected chi connectivity index (χ4v) is 2.64. The Morgan fingerprint density at radius 1 is 1.12 bits per heavy atom. The Bertz CT molecular complexity index is 735. The molecule has 0 bridgehead atoms. The number of rotatable bonds is 2. The van der Waals surface area contributed by atoms with E-state index >= 15 is 0 Å². The van der Waals surface area contributed by atoms with E-state index in [1.165, 1.54) is 10.7 Å². The lowest BCUT2D eigenvalue weighted by Crippen LogP contribution is -2.49. The zero-order valence-corrected chi connectivity index (χ0v) is 13.0. The van der Waals surface area contributed by atoms with Crippen molar-refractivity contribution in [1.82, 2.24) is 19.7 Å². The number of hydrogen-bond acceptors (Lipinski definition) is 4. The van der Waals surface area contributed by atoms with Crippen molar-refractivity contribution in [3.63, 3.8) is 0 Å². The van der Waals surface area contributed by atoms with Crippen molar-refractivity contribution in [1.29, 1.82) is 0 Å². The Kier molecular flexibility index (Phi) is 4.16. The topological polar surface area (TPSA) is 54.3 Å². The minimum atomic E-state index is -4.46. The van der Waals surface area contributed by atoms with E-state index in [1.54, 1.807) is 35.2 Å². The van der Waals surface area contributed by atoms with Crippen molar-refractivity contribution in [2.75, 3.05) is 31.1 Å². The number of halogens is 3. The molecular weight excluding hydrogens is 323 g/mol. The van der Waals surface area contributed by atoms with E-state index in [4.69, 9.17) is 0 Å². The largest absolute Gasteiger partial charge is 0.433 e. The number of pyridine rings is 1. The maximum absolute atomic E-state index is 12.8. The van der Waals surface area contributed by atoms with Gasteiger partial charge in [0.25, 0.3) is 5.91 Å². The second kappa shape index (κ2) is 6.14. The second-order valence-corrected chi connectivity index (χ2v) is 5.50. The highest BCUT2D eigenvalue weighted by atomic mass is 19.4. The Morgan fingerprint density at radius 2 is 1.83 bits per heavy atom. The number of hydrogen-bond donors (Lipinski definition) is 0. The lowest BCUT2D eigenvalue weighted by molar-refractivity contribution is -0.141. The molecule has 1 aliphatic heterocycles. The summed E-state index contributed by atoms with van der Waals surface area (Å²) in [4.78, 5) is 19.5. The molecular formula is C15H16F3N5O. The number of amides is 1. The maximum atomic E-state index is 12.8. The molecule has 1 fully saturated rings. The molecule has 0 radical (unpaired) electrons. The molecule has 1 aliphatic rings. The Morgan fingerprint density at radius 3 is 2.42 bits per heavy atom. The first-order valence-electron chi connectivity index (χ1n) is 7.43. The van der Waals surface area contributed by atoms with E-state index in [0.29, 0.717) is 31.9 Å². The summed E-state index contributed by atoms with van der Waals surface area (Å²) >= 11 is 0. The monoisotopic (exact) mass is 339 g/mol. The van der Waals surface area contributed by atoms with Gasteiger partial charge in [-0.1, -0.05) is 6.07 Å². The van der Waals surface area contributed by atoms with E-state index < -0.39 is 11.9 Å². The first-order valence-corrected chi connectivity index (χ1v) is 7.43. The summed E-state index contributed by atoms with van der Waals surface area (Å²) in [5.41, 5.74) is -0.422. The van der Waals surface area contributed by atoms with Crippen LogP contribution in [0, 0.1) is 0 Å². The van der Waals surface area contributed by atoms with E-state index in [-0.39, 0.29) is 11.7 Å². The van der Waals surface area contributed by atoms with Gasteiger partial charge in [0, 0.05) is 39.4 Å². The van der Waals surface area contributed by atoms with Crippen molar-refractivity contribution < 1.29 is 18.0 Å². The molecule has 0 spiro atoms. The zero-order chi connectivity index (χ0) is 17.3. The van der Waals surface area contributed by atoms with Gasteiger partial charge in [0.1, 0.15) is 17.2 Å². The third-order valence-corrected chi connectivity index (χ3v) is 3.96. The summed E-state index contributed by atoms with van der Waals surface area (Å²) in [7, 11) is 1.69. The van der Waals surface area contributed by atoms with Crippen molar-refractivity contribution in [3.05, 3.63) is 41.9 Å². The van der Waals surface area contributed by atoms with Crippen LogP contribution in [0.5, 0.6) is 0 Å². The first-order chi connectivity index (χ1) is 11.4. The molecule has 0 unspecified atom stereocenters. The van der Waals surface area contributed by atoms with Gasteiger partial charge in [-0.2, -0.15) is 18.3 Å². The van der Waals surface area contributed by atoms with Crippen molar-refractivity contribution in [2.24, 2.45) is 7.05 Å². The number of anilines is 1. The van der Waals surface area contributed by atoms with Gasteiger partial charge in [0.05, 0.1) is 0 Å². The van der Waals surface area contributed by atoms with Gasteiger partial charge >= 0.3 is 6.18 Å². The molecule has 6 nitrogen and oxygen atoms in total. The number of piperazine rings is 1. The van der Waals surface area contributed by atoms with E-state index in [2.05, 4.69) is 10.1 Å². The average Bonchev–Trinajstić information content (AvgIpc) is 3.00. The summed E-state index contributed by atoms with van der Waals surface area (Å²) < 4.78 is 39.8. The maximum Gasteiger partial charge on any atom is 0.433 e. The molecule has 1 saturated heterocycles. The molecule has 3 heterocycles. The van der Waals surface area contributed by atoms with E-state index in [0.717, 1.165) is 6.07 Å². The van der Waals surface area contributed by atoms with Gasteiger partial charge in [-0.25, -0.2) is 4.98 Å². The second-order valence-electron chi connectivity index (χ2n) is 5.50. The van der Waals surface area contributed by atoms with Crippen LogP contribution in [-0.4, -0.2) is 51.8 Å². The number of aryl methyl sites for hydroxylation is 1. The predicted molar refractivity (Wildman–Crippen MR) is 80.6 cm³/mol. The summed E-state index contributed by atoms with van der Waals surface area (Å²) in [5, 5.41) is 3.97. The average molecular weight is 339 g/mol. The van der Waals surface area contributed by atoms with Crippen molar-refractivity contribution >= 4 is 11.7 Å². The van der Waals surface area contributed by atoms with E-state index in [9.17, 15) is 18.0 Å². The Hall–Kier alpha value is -2.58. The molecule has 0 saturated carbocycles. The molecule has 3 rings (SSSR count). The fraction of sp³-hybridized carbons (Fsp3) is 0.400. The highest BCUT2D eigenvalue weighted by Gasteiger charge is 2.33. The molecule has 0 atom stereocenters.